The Morgan fingerprint density at radius 3 is 2.71 bits per heavy atom. The number of allylic oxidation sites excluding steroid dienone is 1. The van der Waals surface area contributed by atoms with Gasteiger partial charge in [-0.2, -0.15) is 0 Å². The van der Waals surface area contributed by atoms with Gasteiger partial charge in [-0.3, -0.25) is 9.98 Å². The largest absolute Gasteiger partial charge is 0.275 e. The Labute approximate surface area is 150 Å². The molecule has 0 atom stereocenters. The van der Waals surface area contributed by atoms with Gasteiger partial charge < -0.3 is 0 Å². The van der Waals surface area contributed by atoms with E-state index in [1.807, 2.05) is 43.6 Å². The highest BCUT2D eigenvalue weighted by atomic mass is 32.2. The first-order valence-electron chi connectivity index (χ1n) is 7.84. The molecule has 0 unspecified atom stereocenters. The van der Waals surface area contributed by atoms with Crippen LogP contribution in [0.1, 0.15) is 20.8 Å². The molecule has 0 amide bonds. The predicted molar refractivity (Wildman–Crippen MR) is 106 cm³/mol. The number of thiophene rings is 1. The lowest BCUT2D eigenvalue weighted by molar-refractivity contribution is 0.840. The summed E-state index contributed by atoms with van der Waals surface area (Å²) in [6, 6.07) is 8.52. The SMILES string of the molecule is C/C=C\C(=NC(C)C)Sc1ccc2scc(-c3ccncc3)c2n1. The van der Waals surface area contributed by atoms with Gasteiger partial charge in [0.1, 0.15) is 5.03 Å². The van der Waals surface area contributed by atoms with Crippen LogP contribution in [0, 0.1) is 0 Å². The number of nitrogens with zero attached hydrogens (tertiary/aromatic N) is 3. The van der Waals surface area contributed by atoms with E-state index >= 15 is 0 Å². The van der Waals surface area contributed by atoms with Gasteiger partial charge in [-0.15, -0.1) is 11.3 Å². The van der Waals surface area contributed by atoms with Gasteiger partial charge in [-0.1, -0.05) is 17.8 Å². The van der Waals surface area contributed by atoms with Gasteiger partial charge in [0, 0.05) is 29.4 Å². The molecule has 0 bridgehead atoms. The minimum absolute atomic E-state index is 0.265. The van der Waals surface area contributed by atoms with Crippen molar-refractivity contribution >= 4 is 38.4 Å². The van der Waals surface area contributed by atoms with Crippen molar-refractivity contribution in [2.24, 2.45) is 4.99 Å². The molecule has 3 heterocycles. The van der Waals surface area contributed by atoms with Crippen LogP contribution in [0.2, 0.25) is 0 Å². The Bertz CT molecular complexity index is 880. The normalized spacial score (nSPS) is 12.6. The van der Waals surface area contributed by atoms with Crippen molar-refractivity contribution in [3.8, 4) is 11.1 Å². The molecule has 0 aliphatic carbocycles. The summed E-state index contributed by atoms with van der Waals surface area (Å²) in [5.41, 5.74) is 3.35. The summed E-state index contributed by atoms with van der Waals surface area (Å²) in [5, 5.41) is 4.12. The standard InChI is InChI=1S/C19H19N3S2/c1-4-5-17(21-13(2)3)24-18-7-6-16-19(22-18)15(12-23-16)14-8-10-20-11-9-14/h4-13H,1-3H3/b5-4-,21-17?. The molecule has 0 fully saturated rings. The molecule has 0 radical (unpaired) electrons. The first kappa shape index (κ1) is 16.9. The molecule has 0 N–H and O–H groups in total. The summed E-state index contributed by atoms with van der Waals surface area (Å²) in [6.07, 6.45) is 7.68. The zero-order valence-corrected chi connectivity index (χ0v) is 15.6. The average Bonchev–Trinajstić information content (AvgIpc) is 2.98. The molecule has 0 aliphatic rings. The fourth-order valence-electron chi connectivity index (χ4n) is 2.30. The molecule has 0 spiro atoms. The molecule has 122 valence electrons. The molecule has 0 saturated heterocycles. The average molecular weight is 354 g/mol. The van der Waals surface area contributed by atoms with Crippen LogP contribution < -0.4 is 0 Å². The number of hydrogen-bond donors (Lipinski definition) is 0. The second-order valence-corrected chi connectivity index (χ2v) is 7.50. The highest BCUT2D eigenvalue weighted by Gasteiger charge is 2.10. The molecule has 0 saturated carbocycles. The van der Waals surface area contributed by atoms with Gasteiger partial charge in [0.25, 0.3) is 0 Å². The minimum Gasteiger partial charge on any atom is -0.275 e. The third-order valence-electron chi connectivity index (χ3n) is 3.29. The van der Waals surface area contributed by atoms with Crippen molar-refractivity contribution in [3.63, 3.8) is 0 Å². The molecule has 0 aliphatic heterocycles. The van der Waals surface area contributed by atoms with E-state index in [0.29, 0.717) is 0 Å². The summed E-state index contributed by atoms with van der Waals surface area (Å²) in [4.78, 5) is 13.6. The number of aromatic nitrogens is 2. The van der Waals surface area contributed by atoms with Crippen molar-refractivity contribution in [2.75, 3.05) is 0 Å². The monoisotopic (exact) mass is 353 g/mol. The number of rotatable bonds is 4. The fourth-order valence-corrected chi connectivity index (χ4v) is 4.16. The third-order valence-corrected chi connectivity index (χ3v) is 5.11. The maximum atomic E-state index is 4.88. The van der Waals surface area contributed by atoms with Crippen LogP contribution in [0.25, 0.3) is 21.3 Å². The molecular weight excluding hydrogens is 334 g/mol. The van der Waals surface area contributed by atoms with Gasteiger partial charge in [0.05, 0.1) is 15.3 Å². The molecule has 24 heavy (non-hydrogen) atoms. The van der Waals surface area contributed by atoms with E-state index < -0.39 is 0 Å². The molecule has 3 nitrogen and oxygen atoms in total. The summed E-state index contributed by atoms with van der Waals surface area (Å²) in [6.45, 7) is 6.18. The predicted octanol–water partition coefficient (Wildman–Crippen LogP) is 5.83. The maximum Gasteiger partial charge on any atom is 0.103 e. The molecule has 3 aromatic heterocycles. The first-order valence-corrected chi connectivity index (χ1v) is 9.54. The van der Waals surface area contributed by atoms with E-state index in [2.05, 4.69) is 41.3 Å². The lowest BCUT2D eigenvalue weighted by atomic mass is 10.1. The van der Waals surface area contributed by atoms with Crippen molar-refractivity contribution in [1.29, 1.82) is 0 Å². The van der Waals surface area contributed by atoms with E-state index in [4.69, 9.17) is 4.98 Å². The number of pyridine rings is 2. The number of fused-ring (bicyclic) bond motifs is 1. The fraction of sp³-hybridized carbons (Fsp3) is 0.211. The summed E-state index contributed by atoms with van der Waals surface area (Å²) in [5.74, 6) is 0. The number of aliphatic imine (C=N–C) groups is 1. The van der Waals surface area contributed by atoms with Gasteiger partial charge in [-0.05, 0) is 56.7 Å². The van der Waals surface area contributed by atoms with Crippen LogP contribution in [0.3, 0.4) is 0 Å². The van der Waals surface area contributed by atoms with Crippen molar-refractivity contribution in [1.82, 2.24) is 9.97 Å². The molecule has 5 heteroatoms. The summed E-state index contributed by atoms with van der Waals surface area (Å²) in [7, 11) is 0. The highest BCUT2D eigenvalue weighted by molar-refractivity contribution is 8.14. The first-order chi connectivity index (χ1) is 11.7. The Hall–Kier alpha value is -1.98. The lowest BCUT2D eigenvalue weighted by Gasteiger charge is -2.05. The van der Waals surface area contributed by atoms with Gasteiger partial charge >= 0.3 is 0 Å². The van der Waals surface area contributed by atoms with E-state index in [9.17, 15) is 0 Å². The van der Waals surface area contributed by atoms with Crippen LogP contribution in [0.4, 0.5) is 0 Å². The Kier molecular flexibility index (Phi) is 5.43. The number of thioether (sulfide) groups is 1. The zero-order valence-electron chi connectivity index (χ0n) is 13.9. The van der Waals surface area contributed by atoms with E-state index in [0.717, 1.165) is 26.7 Å². The van der Waals surface area contributed by atoms with Crippen LogP contribution in [-0.2, 0) is 0 Å². The molecule has 0 aromatic carbocycles. The van der Waals surface area contributed by atoms with E-state index in [1.165, 1.54) is 4.70 Å². The Balaban J connectivity index is 1.99. The van der Waals surface area contributed by atoms with Crippen LogP contribution in [0.5, 0.6) is 0 Å². The molecule has 3 rings (SSSR count). The molecule has 3 aromatic rings. The van der Waals surface area contributed by atoms with Gasteiger partial charge in [-0.25, -0.2) is 4.98 Å². The zero-order chi connectivity index (χ0) is 16.9. The van der Waals surface area contributed by atoms with Crippen LogP contribution in [-0.4, -0.2) is 21.1 Å². The van der Waals surface area contributed by atoms with Gasteiger partial charge in [0.15, 0.2) is 0 Å². The van der Waals surface area contributed by atoms with Crippen LogP contribution >= 0.6 is 23.1 Å². The topological polar surface area (TPSA) is 38.1 Å². The van der Waals surface area contributed by atoms with Gasteiger partial charge in [0.2, 0.25) is 0 Å². The summed E-state index contributed by atoms with van der Waals surface area (Å²) < 4.78 is 1.19. The molecular formula is C19H19N3S2. The second-order valence-electron chi connectivity index (χ2n) is 5.54. The highest BCUT2D eigenvalue weighted by Crippen LogP contribution is 2.34. The number of hydrogen-bond acceptors (Lipinski definition) is 5. The van der Waals surface area contributed by atoms with Crippen molar-refractivity contribution in [3.05, 3.63) is 54.2 Å². The van der Waals surface area contributed by atoms with E-state index in [-0.39, 0.29) is 6.04 Å². The Morgan fingerprint density at radius 2 is 2.00 bits per heavy atom. The van der Waals surface area contributed by atoms with E-state index in [1.54, 1.807) is 23.1 Å². The van der Waals surface area contributed by atoms with Crippen molar-refractivity contribution in [2.45, 2.75) is 31.8 Å². The smallest absolute Gasteiger partial charge is 0.103 e. The second kappa shape index (κ2) is 7.73. The maximum absolute atomic E-state index is 4.88. The minimum atomic E-state index is 0.265. The van der Waals surface area contributed by atoms with Crippen molar-refractivity contribution < 1.29 is 0 Å². The van der Waals surface area contributed by atoms with Crippen LogP contribution in [0.15, 0.2) is 64.2 Å². The summed E-state index contributed by atoms with van der Waals surface area (Å²) >= 11 is 3.33. The quantitative estimate of drug-likeness (QED) is 0.336. The lowest BCUT2D eigenvalue weighted by Crippen LogP contribution is -1.96. The Morgan fingerprint density at radius 1 is 1.21 bits per heavy atom. The third kappa shape index (κ3) is 3.91.